The van der Waals surface area contributed by atoms with Gasteiger partial charge in [-0.2, -0.15) is 0 Å². The minimum atomic E-state index is -0.134. The molecule has 0 bridgehead atoms. The van der Waals surface area contributed by atoms with Gasteiger partial charge in [-0.05, 0) is 23.6 Å². The van der Waals surface area contributed by atoms with Gasteiger partial charge in [0.15, 0.2) is 11.5 Å². The van der Waals surface area contributed by atoms with Crippen LogP contribution in [0, 0.1) is 0 Å². The third kappa shape index (κ3) is 1.30. The molecular formula is C7H7Cl2N3. The van der Waals surface area contributed by atoms with Gasteiger partial charge in [0.25, 0.3) is 0 Å². The Morgan fingerprint density at radius 2 is 2.50 bits per heavy atom. The molecule has 12 heavy (non-hydrogen) atoms. The van der Waals surface area contributed by atoms with E-state index in [0.717, 1.165) is 12.0 Å². The standard InChI is InChI=1S/C7H7Cl2N3/c8-7-10-4-5-2-1-3-12(9)6(5)11-7/h1,3-4,6H,2H2,(H,10,11). The fourth-order valence-electron chi connectivity index (χ4n) is 1.20. The fourth-order valence-corrected chi connectivity index (χ4v) is 1.60. The van der Waals surface area contributed by atoms with E-state index < -0.39 is 0 Å². The highest BCUT2D eigenvalue weighted by molar-refractivity contribution is 6.64. The Morgan fingerprint density at radius 1 is 1.67 bits per heavy atom. The Hall–Kier alpha value is -0.670. The second kappa shape index (κ2) is 2.99. The van der Waals surface area contributed by atoms with Crippen LogP contribution in [0.3, 0.4) is 0 Å². The summed E-state index contributed by atoms with van der Waals surface area (Å²) in [6, 6.07) is 0. The number of rotatable bonds is 0. The van der Waals surface area contributed by atoms with Crippen molar-refractivity contribution in [3.63, 3.8) is 0 Å². The van der Waals surface area contributed by atoms with Crippen molar-refractivity contribution in [3.05, 3.63) is 24.0 Å². The molecule has 0 radical (unpaired) electrons. The molecule has 2 heterocycles. The smallest absolute Gasteiger partial charge is 0.197 e. The first-order valence-corrected chi connectivity index (χ1v) is 4.28. The zero-order valence-corrected chi connectivity index (χ0v) is 7.68. The number of hydrogen-bond donors (Lipinski definition) is 1. The van der Waals surface area contributed by atoms with Gasteiger partial charge >= 0.3 is 0 Å². The van der Waals surface area contributed by atoms with Gasteiger partial charge in [-0.3, -0.25) is 4.42 Å². The Balaban J connectivity index is 2.29. The summed E-state index contributed by atoms with van der Waals surface area (Å²) in [6.45, 7) is 0. The van der Waals surface area contributed by atoms with Crippen molar-refractivity contribution in [2.75, 3.05) is 0 Å². The van der Waals surface area contributed by atoms with Gasteiger partial charge in [0.05, 0.1) is 0 Å². The second-order valence-corrected chi connectivity index (χ2v) is 3.34. The van der Waals surface area contributed by atoms with Crippen LogP contribution < -0.4 is 5.32 Å². The Morgan fingerprint density at radius 3 is 3.33 bits per heavy atom. The number of nitrogens with zero attached hydrogens (tertiary/aromatic N) is 2. The van der Waals surface area contributed by atoms with E-state index in [1.807, 2.05) is 12.3 Å². The highest BCUT2D eigenvalue weighted by Crippen LogP contribution is 2.25. The van der Waals surface area contributed by atoms with Crippen LogP contribution in [0.2, 0.25) is 0 Å². The molecule has 0 saturated carbocycles. The third-order valence-corrected chi connectivity index (χ3v) is 2.28. The summed E-state index contributed by atoms with van der Waals surface area (Å²) in [7, 11) is 0. The maximum atomic E-state index is 5.87. The Bertz CT molecular complexity index is 282. The minimum absolute atomic E-state index is 0.134. The first-order chi connectivity index (χ1) is 5.77. The zero-order valence-electron chi connectivity index (χ0n) is 6.17. The van der Waals surface area contributed by atoms with Gasteiger partial charge in [-0.25, -0.2) is 4.99 Å². The molecule has 2 rings (SSSR count). The molecule has 1 unspecified atom stereocenters. The zero-order chi connectivity index (χ0) is 8.55. The number of halogens is 2. The van der Waals surface area contributed by atoms with Crippen LogP contribution in [0.25, 0.3) is 0 Å². The van der Waals surface area contributed by atoms with E-state index in [1.165, 1.54) is 4.42 Å². The second-order valence-electron chi connectivity index (χ2n) is 2.59. The van der Waals surface area contributed by atoms with Crippen molar-refractivity contribution in [3.8, 4) is 0 Å². The lowest BCUT2D eigenvalue weighted by Gasteiger charge is -2.28. The van der Waals surface area contributed by atoms with Gasteiger partial charge in [0, 0.05) is 24.2 Å². The Labute approximate surface area is 80.5 Å². The molecule has 3 nitrogen and oxygen atoms in total. The lowest BCUT2D eigenvalue weighted by molar-refractivity contribution is 0.469. The molecule has 2 aliphatic heterocycles. The quantitative estimate of drug-likeness (QED) is 0.481. The summed E-state index contributed by atoms with van der Waals surface area (Å²) >= 11 is 11.6. The SMILES string of the molecule is ClC1=NC2C(=CN1)CC=CN2Cl. The number of allylic oxidation sites excluding steroid dienone is 1. The Kier molecular flexibility index (Phi) is 1.98. The molecule has 1 atom stereocenters. The minimum Gasteiger partial charge on any atom is -0.337 e. The van der Waals surface area contributed by atoms with Crippen LogP contribution in [0.1, 0.15) is 6.42 Å². The van der Waals surface area contributed by atoms with E-state index in [9.17, 15) is 0 Å². The topological polar surface area (TPSA) is 27.6 Å². The molecule has 0 aromatic rings. The average Bonchev–Trinajstić information content (AvgIpc) is 2.07. The summed E-state index contributed by atoms with van der Waals surface area (Å²) in [4.78, 5) is 4.13. The summed E-state index contributed by atoms with van der Waals surface area (Å²) in [5.41, 5.74) is 1.12. The summed E-state index contributed by atoms with van der Waals surface area (Å²) in [5, 5.41) is 3.22. The predicted octanol–water partition coefficient (Wildman–Crippen LogP) is 1.77. The first-order valence-electron chi connectivity index (χ1n) is 3.57. The molecular weight excluding hydrogens is 197 g/mol. The van der Waals surface area contributed by atoms with Crippen molar-refractivity contribution in [1.29, 1.82) is 0 Å². The average molecular weight is 204 g/mol. The van der Waals surface area contributed by atoms with E-state index in [1.54, 1.807) is 6.20 Å². The normalized spacial score (nSPS) is 27.2. The number of hydrogen-bond acceptors (Lipinski definition) is 3. The molecule has 5 heteroatoms. The van der Waals surface area contributed by atoms with Crippen LogP contribution in [0.15, 0.2) is 29.0 Å². The van der Waals surface area contributed by atoms with Crippen LogP contribution >= 0.6 is 23.4 Å². The molecule has 0 aromatic carbocycles. The summed E-state index contributed by atoms with van der Waals surface area (Å²) in [6.07, 6.45) is 6.35. The number of nitrogens with one attached hydrogen (secondary N) is 1. The van der Waals surface area contributed by atoms with Gasteiger partial charge in [0.1, 0.15) is 0 Å². The molecule has 64 valence electrons. The summed E-state index contributed by atoms with van der Waals surface area (Å²) in [5.74, 6) is 0. The van der Waals surface area contributed by atoms with Crippen LogP contribution in [-0.2, 0) is 0 Å². The highest BCUT2D eigenvalue weighted by atomic mass is 35.5. The largest absolute Gasteiger partial charge is 0.337 e. The lowest BCUT2D eigenvalue weighted by Crippen LogP contribution is -2.33. The van der Waals surface area contributed by atoms with Gasteiger partial charge in [0.2, 0.25) is 0 Å². The van der Waals surface area contributed by atoms with Gasteiger partial charge in [-0.1, -0.05) is 6.08 Å². The number of fused-ring (bicyclic) bond motifs is 1. The van der Waals surface area contributed by atoms with E-state index in [-0.39, 0.29) is 6.17 Å². The lowest BCUT2D eigenvalue weighted by atomic mass is 10.1. The summed E-state index contributed by atoms with van der Waals surface area (Å²) < 4.78 is 1.51. The molecule has 0 fully saturated rings. The van der Waals surface area contributed by atoms with Crippen LogP contribution in [0.5, 0.6) is 0 Å². The molecule has 0 aromatic heterocycles. The van der Waals surface area contributed by atoms with Gasteiger partial charge < -0.3 is 5.32 Å². The third-order valence-electron chi connectivity index (χ3n) is 1.78. The fraction of sp³-hybridized carbons (Fsp3) is 0.286. The highest BCUT2D eigenvalue weighted by Gasteiger charge is 2.23. The van der Waals surface area contributed by atoms with Crippen molar-refractivity contribution < 1.29 is 0 Å². The van der Waals surface area contributed by atoms with Crippen LogP contribution in [0.4, 0.5) is 0 Å². The monoisotopic (exact) mass is 203 g/mol. The van der Waals surface area contributed by atoms with Crippen molar-refractivity contribution in [2.45, 2.75) is 12.6 Å². The van der Waals surface area contributed by atoms with Crippen molar-refractivity contribution in [1.82, 2.24) is 9.74 Å². The van der Waals surface area contributed by atoms with E-state index in [0.29, 0.717) is 5.29 Å². The van der Waals surface area contributed by atoms with Crippen molar-refractivity contribution >= 4 is 28.7 Å². The molecule has 0 saturated heterocycles. The maximum absolute atomic E-state index is 5.87. The molecule has 0 aliphatic carbocycles. The van der Waals surface area contributed by atoms with Crippen LogP contribution in [-0.4, -0.2) is 15.9 Å². The van der Waals surface area contributed by atoms with E-state index in [4.69, 9.17) is 23.4 Å². The molecule has 0 amide bonds. The number of amidine groups is 1. The molecule has 1 N–H and O–H groups in total. The first kappa shape index (κ1) is 7.95. The number of aliphatic imine (C=N–C) groups is 1. The van der Waals surface area contributed by atoms with E-state index in [2.05, 4.69) is 10.3 Å². The van der Waals surface area contributed by atoms with Crippen molar-refractivity contribution in [2.24, 2.45) is 4.99 Å². The molecule has 0 spiro atoms. The maximum Gasteiger partial charge on any atom is 0.197 e. The van der Waals surface area contributed by atoms with E-state index >= 15 is 0 Å². The predicted molar refractivity (Wildman–Crippen MR) is 49.7 cm³/mol. The molecule has 2 aliphatic rings. The van der Waals surface area contributed by atoms with Gasteiger partial charge in [-0.15, -0.1) is 0 Å².